The Bertz CT molecular complexity index is 442. The van der Waals surface area contributed by atoms with E-state index in [2.05, 4.69) is 32.4 Å². The maximum absolute atomic E-state index is 4.17. The molecule has 0 saturated heterocycles. The van der Waals surface area contributed by atoms with E-state index in [1.807, 2.05) is 18.5 Å². The minimum absolute atomic E-state index is 0.170. The van der Waals surface area contributed by atoms with Crippen molar-refractivity contribution < 1.29 is 0 Å². The van der Waals surface area contributed by atoms with Gasteiger partial charge in [0.2, 0.25) is 0 Å². The topological polar surface area (TPSA) is 66.5 Å². The molecular formula is C10H13N5S. The van der Waals surface area contributed by atoms with Crippen molar-refractivity contribution in [3.05, 3.63) is 30.4 Å². The van der Waals surface area contributed by atoms with Gasteiger partial charge in [0, 0.05) is 17.8 Å². The van der Waals surface area contributed by atoms with Crippen LogP contribution in [0.2, 0.25) is 0 Å². The fraction of sp³-hybridized carbons (Fsp3) is 0.300. The van der Waals surface area contributed by atoms with Gasteiger partial charge in [0.1, 0.15) is 17.2 Å². The second kappa shape index (κ2) is 4.98. The number of hydrogen-bond donors (Lipinski definition) is 2. The van der Waals surface area contributed by atoms with Crippen molar-refractivity contribution in [3.63, 3.8) is 0 Å². The van der Waals surface area contributed by atoms with E-state index in [0.29, 0.717) is 0 Å². The van der Waals surface area contributed by atoms with Crippen LogP contribution in [-0.2, 0) is 0 Å². The molecule has 2 rings (SSSR count). The number of aromatic nitrogens is 4. The number of hydrogen-bond acceptors (Lipinski definition) is 5. The van der Waals surface area contributed by atoms with Gasteiger partial charge in [-0.3, -0.25) is 5.10 Å². The second-order valence-electron chi connectivity index (χ2n) is 3.34. The first-order chi connectivity index (χ1) is 7.79. The highest BCUT2D eigenvalue weighted by molar-refractivity contribution is 7.98. The summed E-state index contributed by atoms with van der Waals surface area (Å²) in [6.45, 7) is 2.06. The summed E-state index contributed by atoms with van der Waals surface area (Å²) in [5, 5.41) is 11.0. The minimum Gasteiger partial charge on any atom is -0.363 e. The summed E-state index contributed by atoms with van der Waals surface area (Å²) < 4.78 is 0. The van der Waals surface area contributed by atoms with Crippen LogP contribution in [0.25, 0.3) is 0 Å². The first kappa shape index (κ1) is 10.9. The molecule has 0 aliphatic rings. The Hall–Kier alpha value is -1.56. The van der Waals surface area contributed by atoms with Crippen LogP contribution in [-0.4, -0.2) is 26.4 Å². The molecule has 0 saturated carbocycles. The van der Waals surface area contributed by atoms with Crippen molar-refractivity contribution in [2.24, 2.45) is 0 Å². The van der Waals surface area contributed by atoms with E-state index >= 15 is 0 Å². The van der Waals surface area contributed by atoms with Gasteiger partial charge in [-0.1, -0.05) is 0 Å². The largest absolute Gasteiger partial charge is 0.363 e. The van der Waals surface area contributed by atoms with Crippen molar-refractivity contribution >= 4 is 17.6 Å². The third-order valence-electron chi connectivity index (χ3n) is 2.23. The molecule has 84 valence electrons. The molecule has 1 unspecified atom stereocenters. The molecule has 2 aromatic heterocycles. The van der Waals surface area contributed by atoms with Crippen LogP contribution in [0.3, 0.4) is 0 Å². The predicted molar refractivity (Wildman–Crippen MR) is 64.4 cm³/mol. The van der Waals surface area contributed by atoms with E-state index in [9.17, 15) is 0 Å². The number of nitrogens with zero attached hydrogens (tertiary/aromatic N) is 3. The molecule has 2 heterocycles. The number of anilines is 1. The van der Waals surface area contributed by atoms with Crippen molar-refractivity contribution in [1.82, 2.24) is 20.2 Å². The van der Waals surface area contributed by atoms with E-state index in [-0.39, 0.29) is 6.04 Å². The Kier molecular flexibility index (Phi) is 3.40. The third-order valence-corrected chi connectivity index (χ3v) is 2.88. The second-order valence-corrected chi connectivity index (χ2v) is 4.17. The summed E-state index contributed by atoms with van der Waals surface area (Å²) in [6, 6.07) is 2.10. The number of nitrogens with one attached hydrogen (secondary N) is 2. The highest BCUT2D eigenvalue weighted by atomic mass is 32.2. The lowest BCUT2D eigenvalue weighted by atomic mass is 10.2. The fourth-order valence-electron chi connectivity index (χ4n) is 1.33. The zero-order valence-corrected chi connectivity index (χ0v) is 9.95. The molecule has 0 bridgehead atoms. The van der Waals surface area contributed by atoms with Crippen molar-refractivity contribution in [1.29, 1.82) is 0 Å². The molecule has 5 nitrogen and oxygen atoms in total. The SMILES string of the molecule is CSc1cc(NC(C)c2cn[nH]c2)ncn1. The van der Waals surface area contributed by atoms with Gasteiger partial charge >= 0.3 is 0 Å². The summed E-state index contributed by atoms with van der Waals surface area (Å²) in [4.78, 5) is 8.29. The molecule has 0 aliphatic carbocycles. The van der Waals surface area contributed by atoms with Gasteiger partial charge in [0.25, 0.3) is 0 Å². The van der Waals surface area contributed by atoms with E-state index in [1.54, 1.807) is 24.3 Å². The van der Waals surface area contributed by atoms with Crippen LogP contribution in [0.4, 0.5) is 5.82 Å². The monoisotopic (exact) mass is 235 g/mol. The molecule has 2 aromatic rings. The van der Waals surface area contributed by atoms with E-state index in [4.69, 9.17) is 0 Å². The van der Waals surface area contributed by atoms with E-state index < -0.39 is 0 Å². The summed E-state index contributed by atoms with van der Waals surface area (Å²) in [5.41, 5.74) is 1.10. The lowest BCUT2D eigenvalue weighted by molar-refractivity contribution is 0.867. The quantitative estimate of drug-likeness (QED) is 0.627. The highest BCUT2D eigenvalue weighted by Gasteiger charge is 2.07. The van der Waals surface area contributed by atoms with Crippen LogP contribution >= 0.6 is 11.8 Å². The lowest BCUT2D eigenvalue weighted by Crippen LogP contribution is -2.07. The number of thioether (sulfide) groups is 1. The molecular weight excluding hydrogens is 222 g/mol. The predicted octanol–water partition coefficient (Wildman–Crippen LogP) is 2.09. The third kappa shape index (κ3) is 2.52. The minimum atomic E-state index is 0.170. The molecule has 0 radical (unpaired) electrons. The maximum Gasteiger partial charge on any atom is 0.130 e. The highest BCUT2D eigenvalue weighted by Crippen LogP contribution is 2.19. The Morgan fingerprint density at radius 3 is 3.00 bits per heavy atom. The fourth-order valence-corrected chi connectivity index (χ4v) is 1.71. The average Bonchev–Trinajstić information content (AvgIpc) is 2.83. The van der Waals surface area contributed by atoms with Gasteiger partial charge in [0.15, 0.2) is 0 Å². The summed E-state index contributed by atoms with van der Waals surface area (Å²) in [5.74, 6) is 0.827. The van der Waals surface area contributed by atoms with Crippen LogP contribution < -0.4 is 5.32 Å². The standard InChI is InChI=1S/C10H13N5S/c1-7(8-4-13-14-5-8)15-9-3-10(16-2)12-6-11-9/h3-7H,1-2H3,(H,13,14)(H,11,12,15). The van der Waals surface area contributed by atoms with Crippen molar-refractivity contribution in [2.75, 3.05) is 11.6 Å². The van der Waals surface area contributed by atoms with E-state index in [0.717, 1.165) is 16.4 Å². The van der Waals surface area contributed by atoms with Crippen molar-refractivity contribution in [3.8, 4) is 0 Å². The molecule has 0 fully saturated rings. The van der Waals surface area contributed by atoms with Gasteiger partial charge < -0.3 is 5.32 Å². The maximum atomic E-state index is 4.17. The molecule has 0 amide bonds. The zero-order chi connectivity index (χ0) is 11.4. The molecule has 2 N–H and O–H groups in total. The molecule has 0 aliphatic heterocycles. The number of aromatic amines is 1. The first-order valence-electron chi connectivity index (χ1n) is 4.91. The smallest absolute Gasteiger partial charge is 0.130 e. The van der Waals surface area contributed by atoms with Crippen LogP contribution in [0.5, 0.6) is 0 Å². The average molecular weight is 235 g/mol. The Morgan fingerprint density at radius 1 is 1.44 bits per heavy atom. The molecule has 0 spiro atoms. The molecule has 6 heteroatoms. The van der Waals surface area contributed by atoms with Gasteiger partial charge in [0.05, 0.1) is 12.2 Å². The van der Waals surface area contributed by atoms with Crippen molar-refractivity contribution in [2.45, 2.75) is 18.0 Å². The van der Waals surface area contributed by atoms with Crippen LogP contribution in [0.15, 0.2) is 29.8 Å². The molecule has 1 atom stereocenters. The number of H-pyrrole nitrogens is 1. The van der Waals surface area contributed by atoms with Gasteiger partial charge in [-0.25, -0.2) is 9.97 Å². The Labute approximate surface area is 98.1 Å². The summed E-state index contributed by atoms with van der Waals surface area (Å²) in [7, 11) is 0. The summed E-state index contributed by atoms with van der Waals surface area (Å²) in [6.07, 6.45) is 7.23. The van der Waals surface area contributed by atoms with Gasteiger partial charge in [-0.15, -0.1) is 11.8 Å². The molecule has 16 heavy (non-hydrogen) atoms. The number of rotatable bonds is 4. The molecule has 0 aromatic carbocycles. The van der Waals surface area contributed by atoms with Gasteiger partial charge in [-0.2, -0.15) is 5.10 Å². The first-order valence-corrected chi connectivity index (χ1v) is 6.13. The summed E-state index contributed by atoms with van der Waals surface area (Å²) >= 11 is 1.60. The Morgan fingerprint density at radius 2 is 2.31 bits per heavy atom. The normalized spacial score (nSPS) is 12.4. The Balaban J connectivity index is 2.08. The van der Waals surface area contributed by atoms with Crippen LogP contribution in [0.1, 0.15) is 18.5 Å². The lowest BCUT2D eigenvalue weighted by Gasteiger charge is -2.12. The zero-order valence-electron chi connectivity index (χ0n) is 9.14. The van der Waals surface area contributed by atoms with E-state index in [1.165, 1.54) is 0 Å². The van der Waals surface area contributed by atoms with Gasteiger partial charge in [-0.05, 0) is 13.2 Å². The van der Waals surface area contributed by atoms with Crippen LogP contribution in [0, 0.1) is 0 Å².